The van der Waals surface area contributed by atoms with Gasteiger partial charge in [0, 0.05) is 23.6 Å². The Kier molecular flexibility index (Phi) is 3.52. The SMILES string of the molecule is Nc1ccc(-c2nnc(NC(=O)c3cnccn3)s2)cc1. The number of anilines is 2. The van der Waals surface area contributed by atoms with Crippen molar-refractivity contribution in [3.8, 4) is 10.6 Å². The van der Waals surface area contributed by atoms with Gasteiger partial charge >= 0.3 is 0 Å². The molecule has 0 aliphatic carbocycles. The number of nitrogens with two attached hydrogens (primary N) is 1. The molecule has 3 N–H and O–H groups in total. The van der Waals surface area contributed by atoms with E-state index >= 15 is 0 Å². The first-order valence-corrected chi connectivity index (χ1v) is 6.81. The van der Waals surface area contributed by atoms with Crippen LogP contribution in [0.3, 0.4) is 0 Å². The van der Waals surface area contributed by atoms with Gasteiger partial charge in [0.1, 0.15) is 10.7 Å². The quantitative estimate of drug-likeness (QED) is 0.714. The van der Waals surface area contributed by atoms with Crippen LogP contribution in [0.2, 0.25) is 0 Å². The number of rotatable bonds is 3. The average molecular weight is 298 g/mol. The molecule has 0 bridgehead atoms. The van der Waals surface area contributed by atoms with Gasteiger partial charge in [-0.3, -0.25) is 15.1 Å². The number of hydrogen-bond donors (Lipinski definition) is 2. The third-order valence-corrected chi connectivity index (χ3v) is 3.49. The summed E-state index contributed by atoms with van der Waals surface area (Å²) < 4.78 is 0. The van der Waals surface area contributed by atoms with E-state index in [0.29, 0.717) is 15.8 Å². The highest BCUT2D eigenvalue weighted by molar-refractivity contribution is 7.18. The molecule has 0 spiro atoms. The zero-order chi connectivity index (χ0) is 14.7. The van der Waals surface area contributed by atoms with Crippen LogP contribution in [0, 0.1) is 0 Å². The van der Waals surface area contributed by atoms with Gasteiger partial charge in [-0.1, -0.05) is 11.3 Å². The fourth-order valence-electron chi connectivity index (χ4n) is 1.59. The molecule has 7 nitrogen and oxygen atoms in total. The third kappa shape index (κ3) is 3.00. The summed E-state index contributed by atoms with van der Waals surface area (Å²) in [4.78, 5) is 19.7. The maximum atomic E-state index is 11.9. The number of amides is 1. The fraction of sp³-hybridized carbons (Fsp3) is 0. The number of nitrogens with zero attached hydrogens (tertiary/aromatic N) is 4. The highest BCUT2D eigenvalue weighted by Crippen LogP contribution is 2.26. The van der Waals surface area contributed by atoms with E-state index in [4.69, 9.17) is 5.73 Å². The molecule has 104 valence electrons. The predicted molar refractivity (Wildman–Crippen MR) is 79.7 cm³/mol. The molecule has 8 heteroatoms. The van der Waals surface area contributed by atoms with Crippen LogP contribution in [0.15, 0.2) is 42.9 Å². The normalized spacial score (nSPS) is 10.3. The second-order valence-corrected chi connectivity index (χ2v) is 5.06. The first-order chi connectivity index (χ1) is 10.2. The largest absolute Gasteiger partial charge is 0.399 e. The summed E-state index contributed by atoms with van der Waals surface area (Å²) in [6.45, 7) is 0. The molecule has 1 amide bonds. The second kappa shape index (κ2) is 5.63. The number of benzene rings is 1. The minimum Gasteiger partial charge on any atom is -0.399 e. The van der Waals surface area contributed by atoms with E-state index < -0.39 is 0 Å². The van der Waals surface area contributed by atoms with Crippen molar-refractivity contribution in [1.82, 2.24) is 20.2 Å². The van der Waals surface area contributed by atoms with Crippen molar-refractivity contribution in [1.29, 1.82) is 0 Å². The zero-order valence-corrected chi connectivity index (χ0v) is 11.5. The molecule has 0 aliphatic heterocycles. The Morgan fingerprint density at radius 3 is 2.67 bits per heavy atom. The molecule has 3 rings (SSSR count). The summed E-state index contributed by atoms with van der Waals surface area (Å²) in [6.07, 6.45) is 4.34. The lowest BCUT2D eigenvalue weighted by atomic mass is 10.2. The van der Waals surface area contributed by atoms with Crippen LogP contribution in [-0.2, 0) is 0 Å². The summed E-state index contributed by atoms with van der Waals surface area (Å²) in [7, 11) is 0. The minimum atomic E-state index is -0.372. The second-order valence-electron chi connectivity index (χ2n) is 4.08. The van der Waals surface area contributed by atoms with Gasteiger partial charge in [-0.15, -0.1) is 10.2 Å². The Balaban J connectivity index is 1.76. The van der Waals surface area contributed by atoms with Crippen LogP contribution in [0.5, 0.6) is 0 Å². The van der Waals surface area contributed by atoms with Crippen molar-refractivity contribution < 1.29 is 4.79 Å². The Bertz CT molecular complexity index is 756. The molecular weight excluding hydrogens is 288 g/mol. The summed E-state index contributed by atoms with van der Waals surface area (Å²) >= 11 is 1.27. The molecule has 0 radical (unpaired) electrons. The van der Waals surface area contributed by atoms with Gasteiger partial charge in [-0.25, -0.2) is 4.98 Å². The molecule has 3 aromatic rings. The van der Waals surface area contributed by atoms with E-state index in [0.717, 1.165) is 5.56 Å². The van der Waals surface area contributed by atoms with Crippen molar-refractivity contribution in [3.05, 3.63) is 48.5 Å². The van der Waals surface area contributed by atoms with Gasteiger partial charge in [0.05, 0.1) is 6.20 Å². The Hall–Kier alpha value is -2.87. The number of carbonyl (C=O) groups excluding carboxylic acids is 1. The summed E-state index contributed by atoms with van der Waals surface area (Å²) in [5, 5.41) is 11.7. The highest BCUT2D eigenvalue weighted by Gasteiger charge is 2.12. The van der Waals surface area contributed by atoms with Gasteiger partial charge in [-0.05, 0) is 24.3 Å². The summed E-state index contributed by atoms with van der Waals surface area (Å²) in [6, 6.07) is 7.28. The van der Waals surface area contributed by atoms with E-state index in [9.17, 15) is 4.79 Å². The molecule has 0 unspecified atom stereocenters. The molecule has 0 atom stereocenters. The van der Waals surface area contributed by atoms with Crippen molar-refractivity contribution in [2.75, 3.05) is 11.1 Å². The van der Waals surface area contributed by atoms with Crippen molar-refractivity contribution >= 4 is 28.1 Å². The summed E-state index contributed by atoms with van der Waals surface area (Å²) in [5.41, 5.74) is 7.43. The maximum Gasteiger partial charge on any atom is 0.277 e. The van der Waals surface area contributed by atoms with Crippen LogP contribution in [-0.4, -0.2) is 26.1 Å². The summed E-state index contributed by atoms with van der Waals surface area (Å²) in [5.74, 6) is -0.372. The predicted octanol–water partition coefficient (Wildman–Crippen LogP) is 1.83. The molecule has 0 fully saturated rings. The van der Waals surface area contributed by atoms with Crippen molar-refractivity contribution in [2.45, 2.75) is 0 Å². The van der Waals surface area contributed by atoms with E-state index in [-0.39, 0.29) is 11.6 Å². The average Bonchev–Trinajstić information content (AvgIpc) is 2.97. The van der Waals surface area contributed by atoms with E-state index in [1.807, 2.05) is 12.1 Å². The van der Waals surface area contributed by atoms with E-state index in [1.165, 1.54) is 29.9 Å². The standard InChI is InChI=1S/C13H10N6OS/c14-9-3-1-8(2-4-9)12-18-19-13(21-12)17-11(20)10-7-15-5-6-16-10/h1-7H,14H2,(H,17,19,20). The molecule has 0 aliphatic rings. The Morgan fingerprint density at radius 2 is 1.95 bits per heavy atom. The van der Waals surface area contributed by atoms with Gasteiger partial charge in [0.2, 0.25) is 5.13 Å². The minimum absolute atomic E-state index is 0.224. The third-order valence-electron chi connectivity index (χ3n) is 2.60. The van der Waals surface area contributed by atoms with Gasteiger partial charge < -0.3 is 5.73 Å². The fourth-order valence-corrected chi connectivity index (χ4v) is 2.34. The highest BCUT2D eigenvalue weighted by atomic mass is 32.1. The lowest BCUT2D eigenvalue weighted by Gasteiger charge is -1.98. The van der Waals surface area contributed by atoms with Crippen molar-refractivity contribution in [2.24, 2.45) is 0 Å². The Morgan fingerprint density at radius 1 is 1.14 bits per heavy atom. The van der Waals surface area contributed by atoms with Crippen LogP contribution >= 0.6 is 11.3 Å². The molecule has 0 saturated carbocycles. The van der Waals surface area contributed by atoms with Crippen LogP contribution in [0.4, 0.5) is 10.8 Å². The van der Waals surface area contributed by atoms with E-state index in [2.05, 4.69) is 25.5 Å². The van der Waals surface area contributed by atoms with Gasteiger partial charge in [0.15, 0.2) is 0 Å². The lowest BCUT2D eigenvalue weighted by Crippen LogP contribution is -2.13. The van der Waals surface area contributed by atoms with Crippen LogP contribution in [0.25, 0.3) is 10.6 Å². The number of carbonyl (C=O) groups is 1. The molecule has 0 saturated heterocycles. The monoisotopic (exact) mass is 298 g/mol. The molecular formula is C13H10N6OS. The van der Waals surface area contributed by atoms with Crippen LogP contribution in [0.1, 0.15) is 10.5 Å². The number of hydrogen-bond acceptors (Lipinski definition) is 7. The smallest absolute Gasteiger partial charge is 0.277 e. The van der Waals surface area contributed by atoms with Crippen molar-refractivity contribution in [3.63, 3.8) is 0 Å². The number of nitrogen functional groups attached to an aromatic ring is 1. The Labute approximate surface area is 123 Å². The first-order valence-electron chi connectivity index (χ1n) is 5.99. The van der Waals surface area contributed by atoms with Crippen LogP contribution < -0.4 is 11.1 Å². The molecule has 2 heterocycles. The maximum absolute atomic E-state index is 11.9. The number of nitrogens with one attached hydrogen (secondary N) is 1. The molecule has 21 heavy (non-hydrogen) atoms. The van der Waals surface area contributed by atoms with E-state index in [1.54, 1.807) is 12.1 Å². The van der Waals surface area contributed by atoms with Gasteiger partial charge in [0.25, 0.3) is 5.91 Å². The topological polar surface area (TPSA) is 107 Å². The zero-order valence-electron chi connectivity index (χ0n) is 10.7. The number of aromatic nitrogens is 4. The molecule has 1 aromatic carbocycles. The first kappa shape index (κ1) is 13.1. The molecule has 2 aromatic heterocycles. The lowest BCUT2D eigenvalue weighted by molar-refractivity contribution is 0.102. The van der Waals surface area contributed by atoms with Gasteiger partial charge in [-0.2, -0.15) is 0 Å².